The van der Waals surface area contributed by atoms with E-state index in [0.29, 0.717) is 43.7 Å². The quantitative estimate of drug-likeness (QED) is 0.152. The Labute approximate surface area is 268 Å². The number of Topliss-reactive ketones (excluding diaryl/α,β-unsaturated/α-hetero) is 1. The zero-order valence-corrected chi connectivity index (χ0v) is 27.4. The van der Waals surface area contributed by atoms with Crippen LogP contribution >= 0.6 is 0 Å². The molecule has 0 amide bonds. The molecule has 0 radical (unpaired) electrons. The molecule has 0 bridgehead atoms. The van der Waals surface area contributed by atoms with E-state index in [1.54, 1.807) is 6.08 Å². The second-order valence-electron chi connectivity index (χ2n) is 14.6. The van der Waals surface area contributed by atoms with Gasteiger partial charge in [0.15, 0.2) is 0 Å². The van der Waals surface area contributed by atoms with Gasteiger partial charge in [-0.05, 0) is 104 Å². The molecular formula is C34H57N3O8. The number of nitrogens with one attached hydrogen (secondary N) is 2. The third-order valence-corrected chi connectivity index (χ3v) is 11.6. The van der Waals surface area contributed by atoms with Gasteiger partial charge >= 0.3 is 5.97 Å². The van der Waals surface area contributed by atoms with Crippen LogP contribution < -0.4 is 16.4 Å². The molecule has 3 aliphatic heterocycles. The number of nitrogens with two attached hydrogens (primary N) is 1. The van der Waals surface area contributed by atoms with Gasteiger partial charge in [-0.1, -0.05) is 12.5 Å². The molecular weight excluding hydrogens is 578 g/mol. The topological polar surface area (TPSA) is 173 Å². The van der Waals surface area contributed by atoms with Crippen molar-refractivity contribution < 1.29 is 39.1 Å². The van der Waals surface area contributed by atoms with E-state index in [1.807, 2.05) is 20.9 Å². The van der Waals surface area contributed by atoms with Crippen LogP contribution in [0.5, 0.6) is 0 Å². The van der Waals surface area contributed by atoms with E-state index in [9.17, 15) is 24.9 Å². The van der Waals surface area contributed by atoms with Crippen molar-refractivity contribution in [3.8, 4) is 0 Å². The first-order chi connectivity index (χ1) is 21.6. The average molecular weight is 636 g/mol. The van der Waals surface area contributed by atoms with Crippen LogP contribution in [0.4, 0.5) is 0 Å². The minimum Gasteiger partial charge on any atom is -0.456 e. The molecule has 5 fully saturated rings. The van der Waals surface area contributed by atoms with Crippen molar-refractivity contribution in [3.05, 3.63) is 11.6 Å². The molecule has 3 saturated heterocycles. The molecule has 5 rings (SSSR count). The molecule has 13 unspecified atom stereocenters. The molecule has 11 nitrogen and oxygen atoms in total. The molecule has 0 spiro atoms. The van der Waals surface area contributed by atoms with E-state index in [2.05, 4.69) is 10.6 Å². The van der Waals surface area contributed by atoms with Gasteiger partial charge in [-0.2, -0.15) is 0 Å². The zero-order valence-electron chi connectivity index (χ0n) is 27.4. The maximum absolute atomic E-state index is 13.5. The number of esters is 1. The highest BCUT2D eigenvalue weighted by Crippen LogP contribution is 2.53. The lowest BCUT2D eigenvalue weighted by molar-refractivity contribution is -0.292. The van der Waals surface area contributed by atoms with Crippen molar-refractivity contribution in [2.75, 3.05) is 26.7 Å². The average Bonchev–Trinajstić information content (AvgIpc) is 3.02. The van der Waals surface area contributed by atoms with Gasteiger partial charge in [0.1, 0.15) is 17.5 Å². The summed E-state index contributed by atoms with van der Waals surface area (Å²) in [6, 6.07) is 0. The van der Waals surface area contributed by atoms with Crippen LogP contribution in [0.3, 0.4) is 0 Å². The number of ketones is 1. The summed E-state index contributed by atoms with van der Waals surface area (Å²) in [6.07, 6.45) is 5.47. The number of allylic oxidation sites excluding steroid dienone is 1. The van der Waals surface area contributed by atoms with Gasteiger partial charge in [0.2, 0.25) is 0 Å². The van der Waals surface area contributed by atoms with Gasteiger partial charge < -0.3 is 45.9 Å². The predicted octanol–water partition coefficient (Wildman–Crippen LogP) is 1.56. The molecule has 0 aromatic carbocycles. The standard InChI is InChI=1S/C34H57N3O8/c1-4-20(11-13-36-3)33(42)44-26-16-24-30(41)29-25(40)15-23(18-38)43-32(29)28(21-6-5-7-22(39)14-21)31(24)45-34(26,2)12-10-19-8-9-27(35)37-17-19/h4,19,21-24,26-32,36-39,41H,5-18,35H2,1-3H3. The molecule has 2 aliphatic carbocycles. The number of piperidine rings is 1. The Morgan fingerprint density at radius 1 is 1.20 bits per heavy atom. The Kier molecular flexibility index (Phi) is 11.8. The SMILES string of the molecule is CC=C(CCNC)C(=O)OC1CC2C(O)C3C(=O)CC(CO)OC3C(C3CCCC(O)C3)C2OC1(C)CCC1CCC(N)NC1. The number of carbonyl (C=O) groups is 2. The first-order valence-electron chi connectivity index (χ1n) is 17.4. The summed E-state index contributed by atoms with van der Waals surface area (Å²) >= 11 is 0. The van der Waals surface area contributed by atoms with Gasteiger partial charge in [0.05, 0.1) is 49.2 Å². The number of carbonyl (C=O) groups excluding carboxylic acids is 2. The lowest BCUT2D eigenvalue weighted by Gasteiger charge is -2.59. The number of hydrogen-bond acceptors (Lipinski definition) is 11. The van der Waals surface area contributed by atoms with Gasteiger partial charge in [0.25, 0.3) is 0 Å². The third kappa shape index (κ3) is 7.67. The maximum atomic E-state index is 13.5. The van der Waals surface area contributed by atoms with Gasteiger partial charge in [0, 0.05) is 23.8 Å². The second-order valence-corrected chi connectivity index (χ2v) is 14.6. The van der Waals surface area contributed by atoms with Crippen molar-refractivity contribution >= 4 is 11.8 Å². The van der Waals surface area contributed by atoms with Crippen molar-refractivity contribution in [3.63, 3.8) is 0 Å². The summed E-state index contributed by atoms with van der Waals surface area (Å²) in [7, 11) is 1.84. The Balaban J connectivity index is 1.47. The van der Waals surface area contributed by atoms with Crippen molar-refractivity contribution in [1.29, 1.82) is 0 Å². The van der Waals surface area contributed by atoms with Gasteiger partial charge in [-0.15, -0.1) is 0 Å². The normalized spacial score (nSPS) is 44.2. The van der Waals surface area contributed by atoms with Crippen LogP contribution in [0.2, 0.25) is 0 Å². The van der Waals surface area contributed by atoms with Crippen LogP contribution in [-0.4, -0.2) is 102 Å². The first-order valence-corrected chi connectivity index (χ1v) is 17.4. The van der Waals surface area contributed by atoms with E-state index in [1.165, 1.54) is 0 Å². The summed E-state index contributed by atoms with van der Waals surface area (Å²) in [6.45, 7) is 5.06. The first kappa shape index (κ1) is 34.9. The molecule has 0 aromatic rings. The summed E-state index contributed by atoms with van der Waals surface area (Å²) in [5.74, 6) is -1.48. The van der Waals surface area contributed by atoms with Crippen molar-refractivity contribution in [1.82, 2.24) is 10.6 Å². The van der Waals surface area contributed by atoms with Crippen molar-refractivity contribution in [2.24, 2.45) is 35.3 Å². The fourth-order valence-corrected chi connectivity index (χ4v) is 8.96. The number of aliphatic hydroxyl groups excluding tert-OH is 3. The van der Waals surface area contributed by atoms with E-state index in [0.717, 1.165) is 45.1 Å². The van der Waals surface area contributed by atoms with Crippen LogP contribution in [0.25, 0.3) is 0 Å². The van der Waals surface area contributed by atoms with E-state index < -0.39 is 54.1 Å². The number of aliphatic hydroxyl groups is 3. The summed E-state index contributed by atoms with van der Waals surface area (Å²) in [4.78, 5) is 27.1. The predicted molar refractivity (Wildman–Crippen MR) is 168 cm³/mol. The van der Waals surface area contributed by atoms with E-state index in [4.69, 9.17) is 19.9 Å². The highest BCUT2D eigenvalue weighted by molar-refractivity contribution is 5.88. The number of fused-ring (bicyclic) bond motifs is 2. The summed E-state index contributed by atoms with van der Waals surface area (Å²) in [5, 5.41) is 39.0. The minimum absolute atomic E-state index is 0.0123. The zero-order chi connectivity index (χ0) is 32.3. The van der Waals surface area contributed by atoms with Gasteiger partial charge in [-0.3, -0.25) is 4.79 Å². The lowest BCUT2D eigenvalue weighted by atomic mass is 9.58. The molecule has 3 heterocycles. The number of rotatable bonds is 10. The Hall–Kier alpha value is -1.44. The van der Waals surface area contributed by atoms with E-state index >= 15 is 0 Å². The fourth-order valence-electron chi connectivity index (χ4n) is 8.96. The van der Waals surface area contributed by atoms with Crippen LogP contribution in [0.1, 0.15) is 84.5 Å². The molecule has 2 saturated carbocycles. The maximum Gasteiger partial charge on any atom is 0.334 e. The largest absolute Gasteiger partial charge is 0.456 e. The molecule has 13 atom stereocenters. The smallest absolute Gasteiger partial charge is 0.334 e. The highest BCUT2D eigenvalue weighted by Gasteiger charge is 2.62. The second kappa shape index (κ2) is 15.2. The Morgan fingerprint density at radius 2 is 2.00 bits per heavy atom. The molecule has 5 aliphatic rings. The molecule has 7 N–H and O–H groups in total. The molecule has 11 heteroatoms. The number of ether oxygens (including phenoxy) is 3. The lowest BCUT2D eigenvalue weighted by Crippen LogP contribution is -2.69. The monoisotopic (exact) mass is 635 g/mol. The highest BCUT2D eigenvalue weighted by atomic mass is 16.6. The van der Waals surface area contributed by atoms with Crippen LogP contribution in [-0.2, 0) is 23.8 Å². The fraction of sp³-hybridized carbons (Fsp3) is 0.882. The van der Waals surface area contributed by atoms with Crippen LogP contribution in [0.15, 0.2) is 11.6 Å². The number of hydrogen-bond donors (Lipinski definition) is 6. The molecule has 256 valence electrons. The Morgan fingerprint density at radius 3 is 2.67 bits per heavy atom. The molecule has 45 heavy (non-hydrogen) atoms. The van der Waals surface area contributed by atoms with Crippen molar-refractivity contribution in [2.45, 2.75) is 133 Å². The minimum atomic E-state index is -1.03. The Bertz CT molecular complexity index is 1050. The van der Waals surface area contributed by atoms with Crippen LogP contribution in [0, 0.1) is 29.6 Å². The van der Waals surface area contributed by atoms with E-state index in [-0.39, 0.29) is 42.8 Å². The van der Waals surface area contributed by atoms with Gasteiger partial charge in [-0.25, -0.2) is 4.79 Å². The molecule has 0 aromatic heterocycles. The third-order valence-electron chi connectivity index (χ3n) is 11.6. The summed E-state index contributed by atoms with van der Waals surface area (Å²) < 4.78 is 19.9. The summed E-state index contributed by atoms with van der Waals surface area (Å²) in [5.41, 5.74) is 5.83.